The number of fused-ring (bicyclic) bond motifs is 2. The predicted octanol–water partition coefficient (Wildman–Crippen LogP) is 3.62. The smallest absolute Gasteiger partial charge is 0.256 e. The number of halogens is 1. The summed E-state index contributed by atoms with van der Waals surface area (Å²) in [7, 11) is 0. The maximum atomic E-state index is 14.2. The molecule has 0 spiro atoms. The molecule has 5 nitrogen and oxygen atoms in total. The average Bonchev–Trinajstić information content (AvgIpc) is 2.81. The molecule has 1 saturated heterocycles. The number of hydrogen-bond donors (Lipinski definition) is 1. The van der Waals surface area contributed by atoms with Gasteiger partial charge in [-0.15, -0.1) is 6.58 Å². The average molecular weight is 380 g/mol. The molecule has 0 saturated carbocycles. The van der Waals surface area contributed by atoms with Crippen molar-refractivity contribution in [2.24, 2.45) is 0 Å². The van der Waals surface area contributed by atoms with Crippen molar-refractivity contribution in [1.82, 2.24) is 4.90 Å². The molecule has 4 rings (SSSR count). The summed E-state index contributed by atoms with van der Waals surface area (Å²) in [5, 5.41) is 2.85. The van der Waals surface area contributed by atoms with Gasteiger partial charge in [0.1, 0.15) is 11.9 Å². The molecule has 0 aromatic heterocycles. The second-order valence-electron chi connectivity index (χ2n) is 7.01. The Balaban J connectivity index is 1.66. The van der Waals surface area contributed by atoms with E-state index in [-0.39, 0.29) is 23.7 Å². The number of carbonyl (C=O) groups excluding carboxylic acids is 2. The number of rotatable bonds is 4. The second-order valence-corrected chi connectivity index (χ2v) is 7.01. The van der Waals surface area contributed by atoms with E-state index in [0.29, 0.717) is 48.4 Å². The highest BCUT2D eigenvalue weighted by molar-refractivity contribution is 6.10. The predicted molar refractivity (Wildman–Crippen MR) is 104 cm³/mol. The van der Waals surface area contributed by atoms with Crippen LogP contribution in [-0.4, -0.2) is 42.0 Å². The van der Waals surface area contributed by atoms with Gasteiger partial charge in [0.15, 0.2) is 0 Å². The van der Waals surface area contributed by atoms with Crippen LogP contribution in [0.3, 0.4) is 0 Å². The van der Waals surface area contributed by atoms with E-state index in [1.165, 1.54) is 6.07 Å². The van der Waals surface area contributed by atoms with E-state index in [1.807, 2.05) is 0 Å². The molecular formula is C22H21FN2O3. The third-order valence-corrected chi connectivity index (χ3v) is 5.26. The molecule has 0 aliphatic carbocycles. The van der Waals surface area contributed by atoms with Gasteiger partial charge in [0.2, 0.25) is 5.91 Å². The SMILES string of the molecule is C=CCOC1CCN2C(=O)c3cc(-c4ccccc4F)ccc3NC(=O)C2C1. The van der Waals surface area contributed by atoms with Crippen molar-refractivity contribution in [3.63, 3.8) is 0 Å². The van der Waals surface area contributed by atoms with E-state index in [1.54, 1.807) is 47.4 Å². The lowest BCUT2D eigenvalue weighted by Gasteiger charge is -2.36. The number of nitrogens with zero attached hydrogens (tertiary/aromatic N) is 1. The molecule has 2 amide bonds. The quantitative estimate of drug-likeness (QED) is 0.825. The van der Waals surface area contributed by atoms with E-state index in [2.05, 4.69) is 11.9 Å². The van der Waals surface area contributed by atoms with Gasteiger partial charge in [0, 0.05) is 18.5 Å². The number of carbonyl (C=O) groups is 2. The summed E-state index contributed by atoms with van der Waals surface area (Å²) in [6, 6.07) is 10.9. The lowest BCUT2D eigenvalue weighted by atomic mass is 9.97. The van der Waals surface area contributed by atoms with Gasteiger partial charge in [-0.1, -0.05) is 30.3 Å². The summed E-state index contributed by atoms with van der Waals surface area (Å²) in [6.45, 7) is 4.49. The molecule has 2 aliphatic rings. The minimum absolute atomic E-state index is 0.0898. The topological polar surface area (TPSA) is 58.6 Å². The Kier molecular flexibility index (Phi) is 4.96. The largest absolute Gasteiger partial charge is 0.374 e. The Morgan fingerprint density at radius 2 is 2.04 bits per heavy atom. The molecule has 2 aliphatic heterocycles. The molecule has 28 heavy (non-hydrogen) atoms. The van der Waals surface area contributed by atoms with Gasteiger partial charge in [-0.2, -0.15) is 0 Å². The zero-order valence-corrected chi connectivity index (χ0v) is 15.4. The second kappa shape index (κ2) is 7.56. The minimum Gasteiger partial charge on any atom is -0.374 e. The van der Waals surface area contributed by atoms with Crippen LogP contribution < -0.4 is 5.32 Å². The van der Waals surface area contributed by atoms with Crippen molar-refractivity contribution < 1.29 is 18.7 Å². The standard InChI is InChI=1S/C22H21FN2O3/c1-2-11-28-15-9-10-25-20(13-15)21(26)24-19-8-7-14(12-17(19)22(25)27)16-5-3-4-6-18(16)23/h2-8,12,15,20H,1,9-11,13H2,(H,24,26). The molecule has 1 fully saturated rings. The van der Waals surface area contributed by atoms with Crippen molar-refractivity contribution in [2.45, 2.75) is 25.0 Å². The van der Waals surface area contributed by atoms with Gasteiger partial charge in [0.25, 0.3) is 5.91 Å². The minimum atomic E-state index is -0.583. The third-order valence-electron chi connectivity index (χ3n) is 5.26. The first-order valence-corrected chi connectivity index (χ1v) is 9.31. The van der Waals surface area contributed by atoms with E-state index in [0.717, 1.165) is 0 Å². The van der Waals surface area contributed by atoms with Crippen LogP contribution in [0.15, 0.2) is 55.1 Å². The number of piperidine rings is 1. The zero-order valence-electron chi connectivity index (χ0n) is 15.4. The molecular weight excluding hydrogens is 359 g/mol. The Morgan fingerprint density at radius 3 is 2.82 bits per heavy atom. The van der Waals surface area contributed by atoms with Crippen molar-refractivity contribution >= 4 is 17.5 Å². The summed E-state index contributed by atoms with van der Waals surface area (Å²) in [5.41, 5.74) is 1.85. The molecule has 6 heteroatoms. The highest BCUT2D eigenvalue weighted by atomic mass is 19.1. The van der Waals surface area contributed by atoms with Crippen molar-refractivity contribution in [3.8, 4) is 11.1 Å². The number of ether oxygens (including phenoxy) is 1. The number of amides is 2. The van der Waals surface area contributed by atoms with Gasteiger partial charge >= 0.3 is 0 Å². The van der Waals surface area contributed by atoms with Crippen LogP contribution >= 0.6 is 0 Å². The summed E-state index contributed by atoms with van der Waals surface area (Å²) in [5.74, 6) is -0.804. The van der Waals surface area contributed by atoms with Gasteiger partial charge < -0.3 is 15.0 Å². The normalized spacial score (nSPS) is 21.4. The molecule has 2 atom stereocenters. The fourth-order valence-corrected chi connectivity index (χ4v) is 3.84. The van der Waals surface area contributed by atoms with Crippen LogP contribution in [0.2, 0.25) is 0 Å². The lowest BCUT2D eigenvalue weighted by Crippen LogP contribution is -2.51. The summed E-state index contributed by atoms with van der Waals surface area (Å²) >= 11 is 0. The summed E-state index contributed by atoms with van der Waals surface area (Å²) in [4.78, 5) is 27.5. The zero-order chi connectivity index (χ0) is 19.7. The lowest BCUT2D eigenvalue weighted by molar-refractivity contribution is -0.123. The fourth-order valence-electron chi connectivity index (χ4n) is 3.84. The van der Waals surface area contributed by atoms with Gasteiger partial charge in [-0.05, 0) is 30.2 Å². The van der Waals surface area contributed by atoms with Gasteiger partial charge in [-0.25, -0.2) is 4.39 Å². The Bertz CT molecular complexity index is 943. The Hall–Kier alpha value is -2.99. The molecule has 144 valence electrons. The number of nitrogens with one attached hydrogen (secondary N) is 1. The molecule has 2 unspecified atom stereocenters. The molecule has 0 radical (unpaired) electrons. The molecule has 2 aromatic carbocycles. The highest BCUT2D eigenvalue weighted by Crippen LogP contribution is 2.33. The third kappa shape index (κ3) is 3.31. The van der Waals surface area contributed by atoms with Crippen molar-refractivity contribution in [2.75, 3.05) is 18.5 Å². The highest BCUT2D eigenvalue weighted by Gasteiger charge is 2.40. The van der Waals surface area contributed by atoms with Crippen LogP contribution in [0.25, 0.3) is 11.1 Å². The van der Waals surface area contributed by atoms with Crippen LogP contribution in [0.1, 0.15) is 23.2 Å². The maximum absolute atomic E-state index is 14.2. The molecule has 2 aromatic rings. The molecule has 0 bridgehead atoms. The first kappa shape index (κ1) is 18.4. The molecule has 2 heterocycles. The van der Waals surface area contributed by atoms with Crippen LogP contribution in [0, 0.1) is 5.82 Å². The fraction of sp³-hybridized carbons (Fsp3) is 0.273. The van der Waals surface area contributed by atoms with E-state index in [9.17, 15) is 14.0 Å². The maximum Gasteiger partial charge on any atom is 0.256 e. The first-order valence-electron chi connectivity index (χ1n) is 9.31. The summed E-state index contributed by atoms with van der Waals surface area (Å²) in [6.07, 6.45) is 2.68. The van der Waals surface area contributed by atoms with E-state index >= 15 is 0 Å². The molecule has 1 N–H and O–H groups in total. The van der Waals surface area contributed by atoms with Crippen LogP contribution in [-0.2, 0) is 9.53 Å². The van der Waals surface area contributed by atoms with Crippen LogP contribution in [0.5, 0.6) is 0 Å². The number of benzene rings is 2. The van der Waals surface area contributed by atoms with Gasteiger partial charge in [-0.3, -0.25) is 9.59 Å². The number of anilines is 1. The monoisotopic (exact) mass is 380 g/mol. The Labute approximate surface area is 162 Å². The van der Waals surface area contributed by atoms with Crippen LogP contribution in [0.4, 0.5) is 10.1 Å². The first-order chi connectivity index (χ1) is 13.6. The van der Waals surface area contributed by atoms with E-state index < -0.39 is 6.04 Å². The van der Waals surface area contributed by atoms with E-state index in [4.69, 9.17) is 4.74 Å². The number of hydrogen-bond acceptors (Lipinski definition) is 3. The van der Waals surface area contributed by atoms with Gasteiger partial charge in [0.05, 0.1) is 24.0 Å². The van der Waals surface area contributed by atoms with Crippen molar-refractivity contribution in [3.05, 3.63) is 66.5 Å². The van der Waals surface area contributed by atoms with Crippen molar-refractivity contribution in [1.29, 1.82) is 0 Å². The summed E-state index contributed by atoms with van der Waals surface area (Å²) < 4.78 is 19.9. The Morgan fingerprint density at radius 1 is 1.21 bits per heavy atom.